The molecule has 1 amide bonds. The van der Waals surface area contributed by atoms with Crippen molar-refractivity contribution in [3.05, 3.63) is 18.2 Å². The molecule has 0 aliphatic rings. The number of benzene rings is 1. The van der Waals surface area contributed by atoms with Crippen LogP contribution in [0.4, 0.5) is 11.4 Å². The number of hydrogen-bond donors (Lipinski definition) is 4. The van der Waals surface area contributed by atoms with Gasteiger partial charge in [0.25, 0.3) is 0 Å². The van der Waals surface area contributed by atoms with Crippen molar-refractivity contribution in [1.82, 2.24) is 10.0 Å². The van der Waals surface area contributed by atoms with Gasteiger partial charge in [-0.3, -0.25) is 4.79 Å². The summed E-state index contributed by atoms with van der Waals surface area (Å²) in [6, 6.07) is 4.26. The van der Waals surface area contributed by atoms with Gasteiger partial charge in [-0.25, -0.2) is 13.1 Å². The molecule has 0 atom stereocenters. The second kappa shape index (κ2) is 7.81. The second-order valence-corrected chi connectivity index (χ2v) is 6.04. The van der Waals surface area contributed by atoms with Crippen LogP contribution in [0.5, 0.6) is 0 Å². The normalized spacial score (nSPS) is 11.1. The van der Waals surface area contributed by atoms with E-state index in [-0.39, 0.29) is 23.0 Å². The van der Waals surface area contributed by atoms with Crippen LogP contribution in [0.25, 0.3) is 0 Å². The molecule has 0 aromatic heterocycles. The fourth-order valence-corrected chi connectivity index (χ4v) is 2.28. The zero-order chi connectivity index (χ0) is 15.9. The number of nitrogens with one attached hydrogen (secondary N) is 3. The Balaban J connectivity index is 2.63. The van der Waals surface area contributed by atoms with E-state index in [4.69, 9.17) is 10.5 Å². The van der Waals surface area contributed by atoms with Gasteiger partial charge in [0, 0.05) is 13.7 Å². The van der Waals surface area contributed by atoms with Crippen molar-refractivity contribution in [2.45, 2.75) is 4.90 Å². The number of amides is 1. The van der Waals surface area contributed by atoms with Crippen LogP contribution in [-0.2, 0) is 19.6 Å². The van der Waals surface area contributed by atoms with Crippen molar-refractivity contribution in [1.29, 1.82) is 0 Å². The molecule has 1 aromatic rings. The molecule has 9 heteroatoms. The van der Waals surface area contributed by atoms with Gasteiger partial charge < -0.3 is 21.1 Å². The number of nitrogen functional groups attached to an aromatic ring is 1. The molecule has 1 aromatic carbocycles. The molecular formula is C12H20N4O4S. The highest BCUT2D eigenvalue weighted by Crippen LogP contribution is 2.22. The zero-order valence-electron chi connectivity index (χ0n) is 12.0. The minimum Gasteiger partial charge on any atom is -0.397 e. The monoisotopic (exact) mass is 316 g/mol. The first kappa shape index (κ1) is 17.2. The molecule has 0 radical (unpaired) electrons. The summed E-state index contributed by atoms with van der Waals surface area (Å²) in [5.74, 6) is -0.210. The van der Waals surface area contributed by atoms with E-state index in [1.54, 1.807) is 7.11 Å². The van der Waals surface area contributed by atoms with Gasteiger partial charge >= 0.3 is 0 Å². The maximum absolute atomic E-state index is 11.6. The maximum atomic E-state index is 11.6. The summed E-state index contributed by atoms with van der Waals surface area (Å²) in [6.07, 6.45) is 0. The fraction of sp³-hybridized carbons (Fsp3) is 0.417. The second-order valence-electron chi connectivity index (χ2n) is 4.15. The Labute approximate surface area is 124 Å². The summed E-state index contributed by atoms with van der Waals surface area (Å²) in [5, 5.41) is 5.49. The third-order valence-corrected chi connectivity index (χ3v) is 4.08. The van der Waals surface area contributed by atoms with Crippen molar-refractivity contribution in [2.24, 2.45) is 0 Å². The van der Waals surface area contributed by atoms with Gasteiger partial charge in [0.15, 0.2) is 0 Å². The Morgan fingerprint density at radius 2 is 2.10 bits per heavy atom. The lowest BCUT2D eigenvalue weighted by atomic mass is 10.2. The smallest absolute Gasteiger partial charge is 0.240 e. The minimum atomic E-state index is -3.53. The van der Waals surface area contributed by atoms with E-state index < -0.39 is 10.0 Å². The molecule has 0 spiro atoms. The number of carbonyl (C=O) groups excluding carboxylic acids is 1. The Bertz CT molecular complexity index is 589. The predicted octanol–water partition coefficient (Wildman–Crippen LogP) is -0.649. The Kier molecular flexibility index (Phi) is 6.40. The summed E-state index contributed by atoms with van der Waals surface area (Å²) < 4.78 is 30.2. The van der Waals surface area contributed by atoms with Crippen molar-refractivity contribution in [3.8, 4) is 0 Å². The highest BCUT2D eigenvalue weighted by molar-refractivity contribution is 7.89. The summed E-state index contributed by atoms with van der Waals surface area (Å²) in [6.45, 7) is 0.891. The number of methoxy groups -OCH3 is 1. The van der Waals surface area contributed by atoms with Crippen molar-refractivity contribution >= 4 is 27.3 Å². The largest absolute Gasteiger partial charge is 0.397 e. The molecule has 0 saturated carbocycles. The summed E-state index contributed by atoms with van der Waals surface area (Å²) >= 11 is 0. The Hall–Kier alpha value is -1.84. The third-order valence-electron chi connectivity index (χ3n) is 2.67. The summed E-state index contributed by atoms with van der Waals surface area (Å²) in [5.41, 5.74) is 6.51. The van der Waals surface area contributed by atoms with Crippen LogP contribution in [0, 0.1) is 0 Å². The van der Waals surface area contributed by atoms with Gasteiger partial charge in [0.1, 0.15) is 0 Å². The van der Waals surface area contributed by atoms with E-state index >= 15 is 0 Å². The van der Waals surface area contributed by atoms with Crippen molar-refractivity contribution in [2.75, 3.05) is 44.9 Å². The first-order chi connectivity index (χ1) is 9.90. The summed E-state index contributed by atoms with van der Waals surface area (Å²) in [4.78, 5) is 11.6. The lowest BCUT2D eigenvalue weighted by molar-refractivity contribution is -0.119. The molecule has 0 heterocycles. The molecule has 21 heavy (non-hydrogen) atoms. The average molecular weight is 316 g/mol. The third kappa shape index (κ3) is 5.21. The van der Waals surface area contributed by atoms with Gasteiger partial charge in [0.05, 0.1) is 29.4 Å². The maximum Gasteiger partial charge on any atom is 0.240 e. The molecule has 0 aliphatic carbocycles. The van der Waals surface area contributed by atoms with Gasteiger partial charge in [-0.2, -0.15) is 0 Å². The Morgan fingerprint density at radius 3 is 2.67 bits per heavy atom. The molecule has 0 unspecified atom stereocenters. The van der Waals surface area contributed by atoms with Crippen LogP contribution in [0.1, 0.15) is 0 Å². The van der Waals surface area contributed by atoms with Crippen LogP contribution in [0.3, 0.4) is 0 Å². The highest BCUT2D eigenvalue weighted by atomic mass is 32.2. The fourth-order valence-electron chi connectivity index (χ4n) is 1.52. The lowest BCUT2D eigenvalue weighted by Gasteiger charge is -2.11. The van der Waals surface area contributed by atoms with E-state index in [0.29, 0.717) is 18.8 Å². The molecule has 0 bridgehead atoms. The van der Waals surface area contributed by atoms with Crippen LogP contribution in [-0.4, -0.2) is 48.2 Å². The van der Waals surface area contributed by atoms with E-state index in [9.17, 15) is 13.2 Å². The minimum absolute atomic E-state index is 0.0338. The molecule has 8 nitrogen and oxygen atoms in total. The van der Waals surface area contributed by atoms with Gasteiger partial charge in [-0.1, -0.05) is 0 Å². The lowest BCUT2D eigenvalue weighted by Crippen LogP contribution is -2.32. The number of carbonyl (C=O) groups is 1. The van der Waals surface area contributed by atoms with Gasteiger partial charge in [0.2, 0.25) is 15.9 Å². The number of anilines is 2. The SMILES string of the molecule is CNS(=O)(=O)c1ccc(NCC(=O)NCCOC)c(N)c1. The van der Waals surface area contributed by atoms with E-state index in [0.717, 1.165) is 0 Å². The van der Waals surface area contributed by atoms with Crippen molar-refractivity contribution < 1.29 is 17.9 Å². The molecular weight excluding hydrogens is 296 g/mol. The number of hydrogen-bond acceptors (Lipinski definition) is 6. The van der Waals surface area contributed by atoms with Gasteiger partial charge in [-0.15, -0.1) is 0 Å². The van der Waals surface area contributed by atoms with E-state index in [2.05, 4.69) is 15.4 Å². The van der Waals surface area contributed by atoms with E-state index in [1.807, 2.05) is 0 Å². The van der Waals surface area contributed by atoms with Crippen LogP contribution in [0.2, 0.25) is 0 Å². The molecule has 1 rings (SSSR count). The van der Waals surface area contributed by atoms with Crippen LogP contribution >= 0.6 is 0 Å². The first-order valence-electron chi connectivity index (χ1n) is 6.23. The van der Waals surface area contributed by atoms with Crippen molar-refractivity contribution in [3.63, 3.8) is 0 Å². The number of sulfonamides is 1. The summed E-state index contributed by atoms with van der Waals surface area (Å²) in [7, 11) is -0.666. The highest BCUT2D eigenvalue weighted by Gasteiger charge is 2.13. The molecule has 0 saturated heterocycles. The topological polar surface area (TPSA) is 123 Å². The number of rotatable bonds is 8. The molecule has 0 aliphatic heterocycles. The average Bonchev–Trinajstić information content (AvgIpc) is 2.46. The predicted molar refractivity (Wildman–Crippen MR) is 80.5 cm³/mol. The van der Waals surface area contributed by atoms with Crippen LogP contribution < -0.4 is 21.1 Å². The standard InChI is InChI=1S/C12H20N4O4S/c1-14-21(18,19)9-3-4-11(10(13)7-9)16-8-12(17)15-5-6-20-2/h3-4,7,14,16H,5-6,8,13H2,1-2H3,(H,15,17). The van der Waals surface area contributed by atoms with E-state index in [1.165, 1.54) is 25.2 Å². The quantitative estimate of drug-likeness (QED) is 0.373. The molecule has 118 valence electrons. The number of nitrogens with two attached hydrogens (primary N) is 1. The number of ether oxygens (including phenoxy) is 1. The molecule has 5 N–H and O–H groups in total. The first-order valence-corrected chi connectivity index (χ1v) is 7.71. The zero-order valence-corrected chi connectivity index (χ0v) is 12.8. The Morgan fingerprint density at radius 1 is 1.38 bits per heavy atom. The molecule has 0 fully saturated rings. The van der Waals surface area contributed by atoms with Crippen LogP contribution in [0.15, 0.2) is 23.1 Å². The van der Waals surface area contributed by atoms with Gasteiger partial charge in [-0.05, 0) is 25.2 Å².